The van der Waals surface area contributed by atoms with Gasteiger partial charge in [0.2, 0.25) is 11.5 Å². The van der Waals surface area contributed by atoms with E-state index in [4.69, 9.17) is 9.47 Å². The molecule has 0 spiro atoms. The van der Waals surface area contributed by atoms with Crippen LogP contribution in [0.1, 0.15) is 15.9 Å². The summed E-state index contributed by atoms with van der Waals surface area (Å²) in [6, 6.07) is 7.21. The minimum absolute atomic E-state index is 0.0135. The number of allylic oxidation sites excluding steroid dienone is 1. The molecule has 22 heavy (non-hydrogen) atoms. The number of carbonyl (C=O) groups is 1. The average Bonchev–Trinajstić information content (AvgIpc) is 2.81. The fourth-order valence-electron chi connectivity index (χ4n) is 2.18. The van der Waals surface area contributed by atoms with Crippen molar-refractivity contribution in [2.45, 2.75) is 0 Å². The summed E-state index contributed by atoms with van der Waals surface area (Å²) < 4.78 is 10.3. The number of rotatable bonds is 2. The summed E-state index contributed by atoms with van der Waals surface area (Å²) in [4.78, 5) is 12.2. The minimum atomic E-state index is -0.480. The molecule has 1 aliphatic heterocycles. The molecule has 3 N–H and O–H groups in total. The van der Waals surface area contributed by atoms with Gasteiger partial charge < -0.3 is 24.8 Å². The largest absolute Gasteiger partial charge is 0.504 e. The Balaban J connectivity index is 1.99. The van der Waals surface area contributed by atoms with E-state index in [-0.39, 0.29) is 28.6 Å². The summed E-state index contributed by atoms with van der Waals surface area (Å²) in [5.74, 6) is -1.11. The predicted octanol–water partition coefficient (Wildman–Crippen LogP) is 2.43. The van der Waals surface area contributed by atoms with Gasteiger partial charge in [-0.05, 0) is 35.9 Å². The first-order valence-corrected chi connectivity index (χ1v) is 6.37. The van der Waals surface area contributed by atoms with E-state index in [0.29, 0.717) is 11.3 Å². The van der Waals surface area contributed by atoms with E-state index in [1.807, 2.05) is 0 Å². The van der Waals surface area contributed by atoms with E-state index in [1.165, 1.54) is 31.4 Å². The lowest BCUT2D eigenvalue weighted by atomic mass is 10.1. The SMILES string of the molecule is COc1ccc(/C=C2/Oc3c(ccc(O)c3O)C2=O)cc1O. The van der Waals surface area contributed by atoms with Crippen LogP contribution in [0.5, 0.6) is 28.7 Å². The maximum absolute atomic E-state index is 12.2. The van der Waals surface area contributed by atoms with Gasteiger partial charge in [0.05, 0.1) is 12.7 Å². The van der Waals surface area contributed by atoms with Crippen LogP contribution in [0.25, 0.3) is 6.08 Å². The van der Waals surface area contributed by atoms with Crippen LogP contribution in [-0.2, 0) is 0 Å². The number of fused-ring (bicyclic) bond motifs is 1. The number of methoxy groups -OCH3 is 1. The number of aromatic hydroxyl groups is 3. The summed E-state index contributed by atoms with van der Waals surface area (Å²) in [7, 11) is 1.43. The normalized spacial score (nSPS) is 14.8. The Kier molecular flexibility index (Phi) is 3.14. The summed E-state index contributed by atoms with van der Waals surface area (Å²) in [5.41, 5.74) is 0.692. The Morgan fingerprint density at radius 2 is 1.86 bits per heavy atom. The molecular weight excluding hydrogens is 288 g/mol. The number of ketones is 1. The highest BCUT2D eigenvalue weighted by Crippen LogP contribution is 2.44. The molecule has 6 nitrogen and oxygen atoms in total. The number of phenolic OH excluding ortho intramolecular Hbond substituents is 3. The molecule has 2 aromatic rings. The molecule has 0 atom stereocenters. The van der Waals surface area contributed by atoms with E-state index < -0.39 is 11.5 Å². The van der Waals surface area contributed by atoms with E-state index in [9.17, 15) is 20.1 Å². The summed E-state index contributed by atoms with van der Waals surface area (Å²) in [6.45, 7) is 0. The van der Waals surface area contributed by atoms with Crippen molar-refractivity contribution < 1.29 is 29.6 Å². The molecule has 0 unspecified atom stereocenters. The van der Waals surface area contributed by atoms with Crippen LogP contribution < -0.4 is 9.47 Å². The number of phenols is 3. The second kappa shape index (κ2) is 5.00. The minimum Gasteiger partial charge on any atom is -0.504 e. The molecule has 3 rings (SSSR count). The van der Waals surface area contributed by atoms with Crippen LogP contribution in [0.4, 0.5) is 0 Å². The van der Waals surface area contributed by atoms with E-state index in [0.717, 1.165) is 0 Å². The van der Waals surface area contributed by atoms with Crippen molar-refractivity contribution in [3.8, 4) is 28.7 Å². The molecule has 0 saturated heterocycles. The molecule has 6 heteroatoms. The highest BCUT2D eigenvalue weighted by Gasteiger charge is 2.31. The molecule has 2 aromatic carbocycles. The second-order valence-corrected chi connectivity index (χ2v) is 4.68. The Hall–Kier alpha value is -3.15. The van der Waals surface area contributed by atoms with Gasteiger partial charge in [-0.2, -0.15) is 0 Å². The monoisotopic (exact) mass is 300 g/mol. The second-order valence-electron chi connectivity index (χ2n) is 4.68. The lowest BCUT2D eigenvalue weighted by molar-refractivity contribution is 0.101. The fourth-order valence-corrected chi connectivity index (χ4v) is 2.18. The van der Waals surface area contributed by atoms with Crippen molar-refractivity contribution in [2.24, 2.45) is 0 Å². The number of benzene rings is 2. The van der Waals surface area contributed by atoms with Gasteiger partial charge in [0.1, 0.15) is 0 Å². The fraction of sp³-hybridized carbons (Fsp3) is 0.0625. The first-order chi connectivity index (χ1) is 10.5. The van der Waals surface area contributed by atoms with Gasteiger partial charge in [-0.1, -0.05) is 6.07 Å². The molecule has 0 aromatic heterocycles. The third-order valence-electron chi connectivity index (χ3n) is 3.29. The Bertz CT molecular complexity index is 807. The molecule has 1 heterocycles. The quantitative estimate of drug-likeness (QED) is 0.582. The van der Waals surface area contributed by atoms with Gasteiger partial charge in [-0.3, -0.25) is 4.79 Å². The molecule has 0 radical (unpaired) electrons. The molecule has 112 valence electrons. The summed E-state index contributed by atoms with van der Waals surface area (Å²) in [6.07, 6.45) is 1.43. The maximum atomic E-state index is 12.2. The smallest absolute Gasteiger partial charge is 0.232 e. The van der Waals surface area contributed by atoms with Crippen LogP contribution in [0, 0.1) is 0 Å². The number of hydrogen-bond acceptors (Lipinski definition) is 6. The number of carbonyl (C=O) groups excluding carboxylic acids is 1. The topological polar surface area (TPSA) is 96.2 Å². The first kappa shape index (κ1) is 13.8. The van der Waals surface area contributed by atoms with Crippen molar-refractivity contribution in [1.82, 2.24) is 0 Å². The van der Waals surface area contributed by atoms with Gasteiger partial charge in [0.25, 0.3) is 0 Å². The molecule has 0 aliphatic carbocycles. The number of Topliss-reactive ketones (excluding diaryl/α,β-unsaturated/α-hetero) is 1. The van der Waals surface area contributed by atoms with Crippen LogP contribution in [-0.4, -0.2) is 28.2 Å². The van der Waals surface area contributed by atoms with Crippen molar-refractivity contribution in [3.05, 3.63) is 47.2 Å². The van der Waals surface area contributed by atoms with Crippen LogP contribution in [0.3, 0.4) is 0 Å². The van der Waals surface area contributed by atoms with Gasteiger partial charge in [0.15, 0.2) is 28.8 Å². The van der Waals surface area contributed by atoms with Gasteiger partial charge in [-0.25, -0.2) is 0 Å². The average molecular weight is 300 g/mol. The van der Waals surface area contributed by atoms with Gasteiger partial charge >= 0.3 is 0 Å². The lowest BCUT2D eigenvalue weighted by Gasteiger charge is -2.04. The van der Waals surface area contributed by atoms with E-state index in [1.54, 1.807) is 12.1 Å². The molecule has 0 amide bonds. The third kappa shape index (κ3) is 2.10. The zero-order chi connectivity index (χ0) is 15.9. The Morgan fingerprint density at radius 1 is 1.09 bits per heavy atom. The highest BCUT2D eigenvalue weighted by molar-refractivity contribution is 6.15. The van der Waals surface area contributed by atoms with Crippen molar-refractivity contribution >= 4 is 11.9 Å². The molecule has 0 bridgehead atoms. The van der Waals surface area contributed by atoms with E-state index >= 15 is 0 Å². The Labute approximate surface area is 125 Å². The predicted molar refractivity (Wildman–Crippen MR) is 77.4 cm³/mol. The van der Waals surface area contributed by atoms with Crippen molar-refractivity contribution in [1.29, 1.82) is 0 Å². The standard InChI is InChI=1S/C16H12O6/c1-21-12-5-2-8(6-11(12)18)7-13-14(19)9-3-4-10(17)15(20)16(9)22-13/h2-7,17-18,20H,1H3/b13-7+. The van der Waals surface area contributed by atoms with Gasteiger partial charge in [-0.15, -0.1) is 0 Å². The van der Waals surface area contributed by atoms with Crippen molar-refractivity contribution in [2.75, 3.05) is 7.11 Å². The summed E-state index contributed by atoms with van der Waals surface area (Å²) in [5, 5.41) is 28.9. The molecule has 0 saturated carbocycles. The van der Waals surface area contributed by atoms with Crippen molar-refractivity contribution in [3.63, 3.8) is 0 Å². The van der Waals surface area contributed by atoms with Crippen LogP contribution in [0.15, 0.2) is 36.1 Å². The third-order valence-corrected chi connectivity index (χ3v) is 3.29. The molecule has 1 aliphatic rings. The van der Waals surface area contributed by atoms with Crippen LogP contribution in [0.2, 0.25) is 0 Å². The maximum Gasteiger partial charge on any atom is 0.232 e. The van der Waals surface area contributed by atoms with Gasteiger partial charge in [0, 0.05) is 0 Å². The number of hydrogen-bond donors (Lipinski definition) is 3. The first-order valence-electron chi connectivity index (χ1n) is 6.37. The molecule has 0 fully saturated rings. The molecular formula is C16H12O6. The van der Waals surface area contributed by atoms with Crippen LogP contribution >= 0.6 is 0 Å². The highest BCUT2D eigenvalue weighted by atomic mass is 16.5. The number of ether oxygens (including phenoxy) is 2. The lowest BCUT2D eigenvalue weighted by Crippen LogP contribution is -1.98. The Morgan fingerprint density at radius 3 is 2.55 bits per heavy atom. The zero-order valence-corrected chi connectivity index (χ0v) is 11.5. The summed E-state index contributed by atoms with van der Waals surface area (Å²) >= 11 is 0. The van der Waals surface area contributed by atoms with E-state index in [2.05, 4.69) is 0 Å². The zero-order valence-electron chi connectivity index (χ0n) is 11.5.